The van der Waals surface area contributed by atoms with Gasteiger partial charge in [-0.15, -0.1) is 0 Å². The van der Waals surface area contributed by atoms with Gasteiger partial charge < -0.3 is 19.5 Å². The minimum absolute atomic E-state index is 0.162. The molecule has 2 aliphatic rings. The molecule has 26 heavy (non-hydrogen) atoms. The van der Waals surface area contributed by atoms with Crippen molar-refractivity contribution < 1.29 is 28.6 Å². The molecule has 0 spiro atoms. The third kappa shape index (κ3) is 3.58. The lowest BCUT2D eigenvalue weighted by Gasteiger charge is -2.23. The summed E-state index contributed by atoms with van der Waals surface area (Å²) in [6.07, 6.45) is 0.263. The molecule has 140 valence electrons. The fourth-order valence-electron chi connectivity index (χ4n) is 2.97. The molecule has 0 aliphatic carbocycles. The van der Waals surface area contributed by atoms with E-state index in [2.05, 4.69) is 5.32 Å². The zero-order valence-electron chi connectivity index (χ0n) is 15.3. The molecule has 2 heterocycles. The van der Waals surface area contributed by atoms with E-state index in [1.807, 2.05) is 6.07 Å². The molecule has 2 aliphatic heterocycles. The third-order valence-electron chi connectivity index (χ3n) is 4.05. The highest BCUT2D eigenvalue weighted by molar-refractivity contribution is 6.08. The van der Waals surface area contributed by atoms with E-state index >= 15 is 0 Å². The van der Waals surface area contributed by atoms with E-state index in [-0.39, 0.29) is 13.2 Å². The lowest BCUT2D eigenvalue weighted by Crippen LogP contribution is -2.46. The Morgan fingerprint density at radius 2 is 1.96 bits per heavy atom. The number of hydrogen-bond donors (Lipinski definition) is 1. The lowest BCUT2D eigenvalue weighted by molar-refractivity contribution is -0.157. The minimum atomic E-state index is -1.15. The molecule has 1 N–H and O–H groups in total. The summed E-state index contributed by atoms with van der Waals surface area (Å²) in [5.41, 5.74) is -1.02. The second-order valence-electron chi connectivity index (χ2n) is 7.60. The molecule has 1 saturated heterocycles. The highest BCUT2D eigenvalue weighted by Crippen LogP contribution is 2.34. The van der Waals surface area contributed by atoms with Crippen LogP contribution in [0.15, 0.2) is 18.2 Å². The summed E-state index contributed by atoms with van der Waals surface area (Å²) in [5, 5.41) is 2.67. The number of hydrogen-bond acceptors (Lipinski definition) is 6. The van der Waals surface area contributed by atoms with E-state index in [1.54, 1.807) is 39.8 Å². The van der Waals surface area contributed by atoms with Gasteiger partial charge in [-0.25, -0.2) is 4.79 Å². The number of nitrogens with one attached hydrogen (secondary N) is 1. The topological polar surface area (TPSA) is 94.2 Å². The fourth-order valence-corrected chi connectivity index (χ4v) is 2.97. The average Bonchev–Trinajstić information content (AvgIpc) is 3.04. The first-order chi connectivity index (χ1) is 12.1. The molecule has 1 atom stereocenters. The van der Waals surface area contributed by atoms with Gasteiger partial charge >= 0.3 is 12.0 Å². The fraction of sp³-hybridized carbons (Fsp3) is 0.500. The van der Waals surface area contributed by atoms with Crippen LogP contribution < -0.4 is 14.8 Å². The molecule has 3 rings (SSSR count). The minimum Gasteiger partial charge on any atom is -0.459 e. The SMILES string of the molecule is CC(C)(C)OC(=O)CN1C(=O)N[C@@](C)(Cc2ccc3c(c2)OCO3)C1=O. The Kier molecular flexibility index (Phi) is 4.29. The molecule has 1 aromatic carbocycles. The highest BCUT2D eigenvalue weighted by Gasteiger charge is 2.48. The number of nitrogens with zero attached hydrogens (tertiary/aromatic N) is 1. The quantitative estimate of drug-likeness (QED) is 0.646. The summed E-state index contributed by atoms with van der Waals surface area (Å²) in [6.45, 7) is 6.54. The summed E-state index contributed by atoms with van der Waals surface area (Å²) in [5.74, 6) is 0.153. The first-order valence-corrected chi connectivity index (χ1v) is 8.32. The number of esters is 1. The zero-order valence-corrected chi connectivity index (χ0v) is 15.3. The number of urea groups is 1. The van der Waals surface area contributed by atoms with Gasteiger partial charge in [0.15, 0.2) is 11.5 Å². The van der Waals surface area contributed by atoms with E-state index in [0.717, 1.165) is 10.5 Å². The molecule has 1 fully saturated rings. The van der Waals surface area contributed by atoms with Crippen LogP contribution in [-0.2, 0) is 20.7 Å². The average molecular weight is 362 g/mol. The molecule has 8 heteroatoms. The third-order valence-corrected chi connectivity index (χ3v) is 4.05. The Morgan fingerprint density at radius 1 is 1.27 bits per heavy atom. The van der Waals surface area contributed by atoms with Gasteiger partial charge in [-0.2, -0.15) is 0 Å². The molecule has 8 nitrogen and oxygen atoms in total. The first-order valence-electron chi connectivity index (χ1n) is 8.32. The van der Waals surface area contributed by atoms with Crippen LogP contribution >= 0.6 is 0 Å². The standard InChI is InChI=1S/C18H22N2O6/c1-17(2,3)26-14(21)9-20-15(22)18(4,19-16(20)23)8-11-5-6-12-13(7-11)25-10-24-12/h5-7H,8-10H2,1-4H3,(H,19,23)/t18-/m0/s1. The molecule has 0 aromatic heterocycles. The number of ether oxygens (including phenoxy) is 3. The smallest absolute Gasteiger partial charge is 0.326 e. The molecule has 0 radical (unpaired) electrons. The number of amides is 3. The normalized spacial score (nSPS) is 21.8. The van der Waals surface area contributed by atoms with Crippen LogP contribution in [0.4, 0.5) is 4.79 Å². The Morgan fingerprint density at radius 3 is 2.65 bits per heavy atom. The van der Waals surface area contributed by atoms with Gasteiger partial charge in [0.05, 0.1) is 0 Å². The number of carbonyl (C=O) groups is 3. The van der Waals surface area contributed by atoms with Crippen LogP contribution in [0.5, 0.6) is 11.5 Å². The summed E-state index contributed by atoms with van der Waals surface area (Å²) in [4.78, 5) is 37.8. The van der Waals surface area contributed by atoms with Gasteiger partial charge in [0, 0.05) is 6.42 Å². The number of fused-ring (bicyclic) bond motifs is 1. The van der Waals surface area contributed by atoms with Crippen molar-refractivity contribution in [2.24, 2.45) is 0 Å². The predicted molar refractivity (Wildman–Crippen MR) is 90.8 cm³/mol. The Labute approximate surface area is 151 Å². The van der Waals surface area contributed by atoms with Gasteiger partial charge in [0.2, 0.25) is 6.79 Å². The number of carbonyl (C=O) groups excluding carboxylic acids is 3. The van der Waals surface area contributed by atoms with Gasteiger partial charge in [0.1, 0.15) is 17.7 Å². The number of rotatable bonds is 4. The van der Waals surface area contributed by atoms with Crippen LogP contribution in [0.3, 0.4) is 0 Å². The van der Waals surface area contributed by atoms with Gasteiger partial charge in [-0.1, -0.05) is 6.07 Å². The summed E-state index contributed by atoms with van der Waals surface area (Å²) < 4.78 is 15.8. The van der Waals surface area contributed by atoms with E-state index in [4.69, 9.17) is 14.2 Å². The van der Waals surface area contributed by atoms with E-state index < -0.39 is 35.6 Å². The van der Waals surface area contributed by atoms with Crippen molar-refractivity contribution in [3.05, 3.63) is 23.8 Å². The van der Waals surface area contributed by atoms with Crippen molar-refractivity contribution >= 4 is 17.9 Å². The number of benzene rings is 1. The molecule has 0 unspecified atom stereocenters. The molecular weight excluding hydrogens is 340 g/mol. The van der Waals surface area contributed by atoms with Gasteiger partial charge in [-0.3, -0.25) is 14.5 Å². The summed E-state index contributed by atoms with van der Waals surface area (Å²) >= 11 is 0. The predicted octanol–water partition coefficient (Wildman–Crippen LogP) is 1.61. The van der Waals surface area contributed by atoms with Crippen molar-refractivity contribution in [1.82, 2.24) is 10.2 Å². The molecule has 1 aromatic rings. The van der Waals surface area contributed by atoms with E-state index in [9.17, 15) is 14.4 Å². The van der Waals surface area contributed by atoms with Crippen LogP contribution in [-0.4, -0.2) is 47.3 Å². The Balaban J connectivity index is 1.71. The second kappa shape index (κ2) is 6.19. The van der Waals surface area contributed by atoms with Crippen LogP contribution in [0.1, 0.15) is 33.3 Å². The van der Waals surface area contributed by atoms with Crippen molar-refractivity contribution in [2.45, 2.75) is 45.3 Å². The summed E-state index contributed by atoms with van der Waals surface area (Å²) in [6, 6.07) is 4.75. The van der Waals surface area contributed by atoms with Crippen molar-refractivity contribution in [3.63, 3.8) is 0 Å². The van der Waals surface area contributed by atoms with Crippen molar-refractivity contribution in [2.75, 3.05) is 13.3 Å². The molecule has 3 amide bonds. The van der Waals surface area contributed by atoms with E-state index in [0.29, 0.717) is 11.5 Å². The highest BCUT2D eigenvalue weighted by atomic mass is 16.7. The molecule has 0 saturated carbocycles. The van der Waals surface area contributed by atoms with Crippen molar-refractivity contribution in [1.29, 1.82) is 0 Å². The Bertz CT molecular complexity index is 769. The van der Waals surface area contributed by atoms with Gasteiger partial charge in [-0.05, 0) is 45.4 Å². The largest absolute Gasteiger partial charge is 0.459 e. The van der Waals surface area contributed by atoms with Crippen molar-refractivity contribution in [3.8, 4) is 11.5 Å². The van der Waals surface area contributed by atoms with Crippen LogP contribution in [0.2, 0.25) is 0 Å². The molecule has 0 bridgehead atoms. The molecular formula is C18H22N2O6. The second-order valence-corrected chi connectivity index (χ2v) is 7.60. The van der Waals surface area contributed by atoms with Crippen LogP contribution in [0.25, 0.3) is 0 Å². The maximum absolute atomic E-state index is 12.8. The first kappa shape index (κ1) is 18.0. The van der Waals surface area contributed by atoms with Crippen LogP contribution in [0, 0.1) is 0 Å². The van der Waals surface area contributed by atoms with Gasteiger partial charge in [0.25, 0.3) is 5.91 Å². The van der Waals surface area contributed by atoms with E-state index in [1.165, 1.54) is 0 Å². The lowest BCUT2D eigenvalue weighted by atomic mass is 9.92. The summed E-state index contributed by atoms with van der Waals surface area (Å²) in [7, 11) is 0. The number of imide groups is 1. The monoisotopic (exact) mass is 362 g/mol. The Hall–Kier alpha value is -2.77. The maximum atomic E-state index is 12.8. The maximum Gasteiger partial charge on any atom is 0.326 e. The zero-order chi connectivity index (χ0) is 19.1.